The average Bonchev–Trinajstić information content (AvgIpc) is 3.69. The lowest BCUT2D eigenvalue weighted by Gasteiger charge is -2.10. The summed E-state index contributed by atoms with van der Waals surface area (Å²) in [5, 5.41) is 5.73. The number of hydrogen-bond donors (Lipinski definition) is 0. The predicted octanol–water partition coefficient (Wildman–Crippen LogP) is 10.7. The van der Waals surface area contributed by atoms with Crippen LogP contribution in [0.3, 0.4) is 0 Å². The minimum absolute atomic E-state index is 0.632. The van der Waals surface area contributed by atoms with Crippen LogP contribution in [-0.4, -0.2) is 19.9 Å². The van der Waals surface area contributed by atoms with Crippen LogP contribution in [0.25, 0.3) is 85.9 Å². The highest BCUT2D eigenvalue weighted by Crippen LogP contribution is 2.46. The lowest BCUT2D eigenvalue weighted by atomic mass is 10.0. The van der Waals surface area contributed by atoms with E-state index in [9.17, 15) is 0 Å². The van der Waals surface area contributed by atoms with Gasteiger partial charge < -0.3 is 0 Å². The zero-order valence-corrected chi connectivity index (χ0v) is 24.9. The summed E-state index contributed by atoms with van der Waals surface area (Å²) < 4.78 is 3.55. The number of aromatic nitrogens is 4. The zero-order valence-electron chi connectivity index (χ0n) is 23.3. The van der Waals surface area contributed by atoms with Crippen LogP contribution in [0.15, 0.2) is 133 Å². The van der Waals surface area contributed by atoms with E-state index >= 15 is 0 Å². The fourth-order valence-corrected chi connectivity index (χ4v) is 8.09. The largest absolute Gasteiger partial charge is 0.235 e. The molecule has 0 aliphatic carbocycles. The van der Waals surface area contributed by atoms with Crippen molar-refractivity contribution in [1.82, 2.24) is 19.9 Å². The van der Waals surface area contributed by atoms with Crippen molar-refractivity contribution in [3.63, 3.8) is 0 Å². The summed E-state index contributed by atoms with van der Waals surface area (Å²) >= 11 is 3.52. The Kier molecular flexibility index (Phi) is 5.82. The van der Waals surface area contributed by atoms with E-state index in [0.29, 0.717) is 17.5 Å². The molecule has 0 fully saturated rings. The monoisotopic (exact) mass is 598 g/mol. The zero-order chi connectivity index (χ0) is 29.0. The van der Waals surface area contributed by atoms with Gasteiger partial charge in [0.2, 0.25) is 0 Å². The van der Waals surface area contributed by atoms with E-state index in [-0.39, 0.29) is 0 Å². The summed E-state index contributed by atoms with van der Waals surface area (Å²) in [7, 11) is 0. The van der Waals surface area contributed by atoms with Crippen LogP contribution < -0.4 is 0 Å². The fraction of sp³-hybridized carbons (Fsp3) is 0. The van der Waals surface area contributed by atoms with Gasteiger partial charge in [0.25, 0.3) is 0 Å². The van der Waals surface area contributed by atoms with Gasteiger partial charge in [-0.25, -0.2) is 19.9 Å². The van der Waals surface area contributed by atoms with E-state index in [0.717, 1.165) is 42.9 Å². The number of nitrogens with zero attached hydrogens (tertiary/aromatic N) is 4. The smallest absolute Gasteiger partial charge is 0.167 e. The molecule has 0 aliphatic heterocycles. The Morgan fingerprint density at radius 2 is 1.05 bits per heavy atom. The van der Waals surface area contributed by atoms with E-state index in [1.54, 1.807) is 22.7 Å². The van der Waals surface area contributed by atoms with Crippen molar-refractivity contribution in [2.75, 3.05) is 0 Å². The number of thiazole rings is 1. The summed E-state index contributed by atoms with van der Waals surface area (Å²) in [5.41, 5.74) is 4.87. The van der Waals surface area contributed by atoms with Crippen molar-refractivity contribution in [3.05, 3.63) is 133 Å². The van der Waals surface area contributed by atoms with Crippen molar-refractivity contribution in [2.45, 2.75) is 0 Å². The van der Waals surface area contributed by atoms with E-state index < -0.39 is 0 Å². The Labute approximate surface area is 261 Å². The van der Waals surface area contributed by atoms with E-state index in [1.165, 1.54) is 25.6 Å². The first-order chi connectivity index (χ1) is 21.8. The van der Waals surface area contributed by atoms with Gasteiger partial charge in [0, 0.05) is 36.9 Å². The Bertz CT molecular complexity index is 2440. The van der Waals surface area contributed by atoms with Crippen molar-refractivity contribution < 1.29 is 0 Å². The van der Waals surface area contributed by atoms with Gasteiger partial charge in [-0.3, -0.25) is 0 Å². The summed E-state index contributed by atoms with van der Waals surface area (Å²) in [6.45, 7) is 0. The van der Waals surface area contributed by atoms with Gasteiger partial charge in [0.05, 0.1) is 15.8 Å². The first-order valence-corrected chi connectivity index (χ1v) is 16.0. The summed E-state index contributed by atoms with van der Waals surface area (Å²) in [4.78, 5) is 20.6. The highest BCUT2D eigenvalue weighted by atomic mass is 32.1. The third-order valence-electron chi connectivity index (χ3n) is 7.94. The lowest BCUT2D eigenvalue weighted by Crippen LogP contribution is -2.01. The Morgan fingerprint density at radius 1 is 0.409 bits per heavy atom. The van der Waals surface area contributed by atoms with Crippen LogP contribution in [0.4, 0.5) is 0 Å². The standard InChI is InChI=1S/C38H22N4S2/c1-3-12-24(13-4-1)35-40-36(25-14-5-2-6-15-25)42-37(41-35)33-32-28-17-9-10-18-29(28)43-30(32)22-31-34(33)39-38(44-31)27-20-19-23-11-7-8-16-26(23)21-27/h1-22H. The summed E-state index contributed by atoms with van der Waals surface area (Å²) in [5.74, 6) is 1.92. The maximum Gasteiger partial charge on any atom is 0.167 e. The maximum atomic E-state index is 5.33. The van der Waals surface area contributed by atoms with Crippen LogP contribution in [0, 0.1) is 0 Å². The Balaban J connectivity index is 1.37. The van der Waals surface area contributed by atoms with Crippen molar-refractivity contribution in [3.8, 4) is 44.7 Å². The number of hydrogen-bond acceptors (Lipinski definition) is 6. The third kappa shape index (κ3) is 4.19. The number of fused-ring (bicyclic) bond motifs is 5. The second kappa shape index (κ2) is 10.2. The van der Waals surface area contributed by atoms with Gasteiger partial charge in [0.15, 0.2) is 17.5 Å². The van der Waals surface area contributed by atoms with Gasteiger partial charge in [0.1, 0.15) is 5.01 Å². The fourth-order valence-electron chi connectivity index (χ4n) is 5.85. The van der Waals surface area contributed by atoms with Gasteiger partial charge in [-0.1, -0.05) is 115 Å². The van der Waals surface area contributed by atoms with Gasteiger partial charge in [-0.05, 0) is 29.0 Å². The van der Waals surface area contributed by atoms with E-state index in [4.69, 9.17) is 19.9 Å². The Morgan fingerprint density at radius 3 is 1.80 bits per heavy atom. The highest BCUT2D eigenvalue weighted by molar-refractivity contribution is 7.27. The molecule has 0 saturated carbocycles. The molecule has 0 radical (unpaired) electrons. The molecule has 0 saturated heterocycles. The minimum atomic E-state index is 0.632. The molecule has 6 aromatic carbocycles. The summed E-state index contributed by atoms with van der Waals surface area (Å²) in [6.07, 6.45) is 0. The molecule has 206 valence electrons. The summed E-state index contributed by atoms with van der Waals surface area (Å²) in [6, 6.07) is 46.2. The van der Waals surface area contributed by atoms with Crippen LogP contribution in [0.1, 0.15) is 0 Å². The lowest BCUT2D eigenvalue weighted by molar-refractivity contribution is 1.08. The van der Waals surface area contributed by atoms with Gasteiger partial charge in [-0.2, -0.15) is 0 Å². The van der Waals surface area contributed by atoms with E-state index in [1.807, 2.05) is 60.7 Å². The highest BCUT2D eigenvalue weighted by Gasteiger charge is 2.22. The topological polar surface area (TPSA) is 51.6 Å². The second-order valence-electron chi connectivity index (χ2n) is 10.7. The molecular weight excluding hydrogens is 577 g/mol. The molecule has 0 aliphatic rings. The predicted molar refractivity (Wildman–Crippen MR) is 185 cm³/mol. The van der Waals surface area contributed by atoms with Crippen molar-refractivity contribution in [1.29, 1.82) is 0 Å². The number of thiophene rings is 1. The van der Waals surface area contributed by atoms with Crippen LogP contribution in [0.2, 0.25) is 0 Å². The normalized spacial score (nSPS) is 11.6. The molecule has 6 heteroatoms. The van der Waals surface area contributed by atoms with Gasteiger partial charge in [-0.15, -0.1) is 22.7 Å². The molecule has 0 bridgehead atoms. The first-order valence-electron chi connectivity index (χ1n) is 14.4. The molecule has 0 amide bonds. The number of rotatable bonds is 4. The first kappa shape index (κ1) is 25.2. The molecule has 4 nitrogen and oxygen atoms in total. The quantitative estimate of drug-likeness (QED) is 0.202. The molecule has 3 heterocycles. The van der Waals surface area contributed by atoms with Crippen LogP contribution in [-0.2, 0) is 0 Å². The van der Waals surface area contributed by atoms with E-state index in [2.05, 4.69) is 72.8 Å². The van der Waals surface area contributed by atoms with Crippen LogP contribution >= 0.6 is 22.7 Å². The molecule has 0 atom stereocenters. The SMILES string of the molecule is c1ccc(-c2nc(-c3ccccc3)nc(-c3c4nc(-c5ccc6ccccc6c5)sc4cc4sc5ccccc5c34)n2)cc1. The van der Waals surface area contributed by atoms with Gasteiger partial charge >= 0.3 is 0 Å². The molecule has 0 spiro atoms. The maximum absolute atomic E-state index is 5.33. The molecular formula is C38H22N4S2. The molecule has 9 aromatic rings. The average molecular weight is 599 g/mol. The molecule has 3 aromatic heterocycles. The molecule has 9 rings (SSSR count). The van der Waals surface area contributed by atoms with Crippen molar-refractivity contribution >= 4 is 63.8 Å². The number of benzene rings is 6. The molecule has 0 unspecified atom stereocenters. The molecule has 0 N–H and O–H groups in total. The third-order valence-corrected chi connectivity index (χ3v) is 10.1. The Hall–Kier alpha value is -5.30. The van der Waals surface area contributed by atoms with Crippen LogP contribution in [0.5, 0.6) is 0 Å². The second-order valence-corrected chi connectivity index (χ2v) is 12.8. The molecule has 44 heavy (non-hydrogen) atoms. The minimum Gasteiger partial charge on any atom is -0.235 e. The van der Waals surface area contributed by atoms with Crippen molar-refractivity contribution in [2.24, 2.45) is 0 Å².